The van der Waals surface area contributed by atoms with Crippen LogP contribution in [0.3, 0.4) is 0 Å². The van der Waals surface area contributed by atoms with Crippen molar-refractivity contribution in [2.75, 3.05) is 17.6 Å². The minimum Gasteiger partial charge on any atom is -0.306 e. The van der Waals surface area contributed by atoms with Gasteiger partial charge >= 0.3 is 0 Å². The number of nitrogens with one attached hydrogen (secondary N) is 1. The van der Waals surface area contributed by atoms with Crippen LogP contribution in [-0.2, 0) is 10.0 Å². The van der Waals surface area contributed by atoms with Gasteiger partial charge in [0.1, 0.15) is 5.82 Å². The van der Waals surface area contributed by atoms with Gasteiger partial charge < -0.3 is 4.98 Å². The number of hydrogen-bond acceptors (Lipinski definition) is 4. The quantitative estimate of drug-likeness (QED) is 0.796. The third-order valence-electron chi connectivity index (χ3n) is 3.61. The molecule has 0 radical (unpaired) electrons. The van der Waals surface area contributed by atoms with Gasteiger partial charge in [0.05, 0.1) is 22.8 Å². The number of sulfonamides is 1. The number of H-pyrrole nitrogens is 1. The molecule has 1 heterocycles. The number of rotatable bonds is 3. The summed E-state index contributed by atoms with van der Waals surface area (Å²) >= 11 is 0. The summed E-state index contributed by atoms with van der Waals surface area (Å²) in [7, 11) is -1.82. The third kappa shape index (κ3) is 2.95. The largest absolute Gasteiger partial charge is 0.306 e. The van der Waals surface area contributed by atoms with Gasteiger partial charge in [-0.05, 0) is 36.4 Å². The van der Waals surface area contributed by atoms with Crippen molar-refractivity contribution < 1.29 is 8.42 Å². The molecule has 0 saturated heterocycles. The van der Waals surface area contributed by atoms with Gasteiger partial charge in [0, 0.05) is 12.6 Å². The Kier molecular flexibility index (Phi) is 3.65. The first-order valence-electron chi connectivity index (χ1n) is 6.90. The normalized spacial score (nSPS) is 11.6. The minimum atomic E-state index is -3.31. The maximum Gasteiger partial charge on any atom is 0.259 e. The number of anilines is 1. The number of para-hydroxylation sites is 1. The van der Waals surface area contributed by atoms with Gasteiger partial charge in [0.15, 0.2) is 0 Å². The van der Waals surface area contributed by atoms with Crippen molar-refractivity contribution in [3.63, 3.8) is 0 Å². The van der Waals surface area contributed by atoms with Crippen LogP contribution in [0.1, 0.15) is 0 Å². The Labute approximate surface area is 133 Å². The first kappa shape index (κ1) is 15.2. The molecule has 0 aliphatic carbocycles. The molecule has 0 atom stereocenters. The highest BCUT2D eigenvalue weighted by atomic mass is 32.2. The van der Waals surface area contributed by atoms with Gasteiger partial charge in [0.2, 0.25) is 10.0 Å². The predicted molar refractivity (Wildman–Crippen MR) is 91.0 cm³/mol. The Bertz CT molecular complexity index is 1020. The van der Waals surface area contributed by atoms with Crippen LogP contribution in [0.5, 0.6) is 0 Å². The van der Waals surface area contributed by atoms with Crippen LogP contribution < -0.4 is 9.86 Å². The lowest BCUT2D eigenvalue weighted by atomic mass is 10.2. The van der Waals surface area contributed by atoms with Crippen molar-refractivity contribution in [2.24, 2.45) is 0 Å². The summed E-state index contributed by atoms with van der Waals surface area (Å²) in [6.45, 7) is 0. The molecule has 3 rings (SSSR count). The molecule has 118 valence electrons. The zero-order chi connectivity index (χ0) is 16.6. The third-order valence-corrected chi connectivity index (χ3v) is 4.82. The maximum atomic E-state index is 12.1. The van der Waals surface area contributed by atoms with E-state index in [9.17, 15) is 13.2 Å². The predicted octanol–water partition coefficient (Wildman–Crippen LogP) is 1.99. The molecule has 0 aliphatic rings. The SMILES string of the molecule is CN(c1ccc(-c2nc3ccccc3c(=O)[nH]2)cc1)S(C)(=O)=O. The van der Waals surface area contributed by atoms with Gasteiger partial charge in [-0.1, -0.05) is 12.1 Å². The zero-order valence-corrected chi connectivity index (χ0v) is 13.5. The Morgan fingerprint density at radius 3 is 2.35 bits per heavy atom. The summed E-state index contributed by atoms with van der Waals surface area (Å²) in [5.41, 5.74) is 1.66. The highest BCUT2D eigenvalue weighted by molar-refractivity contribution is 7.92. The number of aromatic nitrogens is 2. The summed E-state index contributed by atoms with van der Waals surface area (Å²) in [5.74, 6) is 0.447. The van der Waals surface area contributed by atoms with E-state index in [-0.39, 0.29) is 5.56 Å². The van der Waals surface area contributed by atoms with E-state index in [2.05, 4.69) is 9.97 Å². The van der Waals surface area contributed by atoms with Crippen LogP contribution in [0, 0.1) is 0 Å². The van der Waals surface area contributed by atoms with Crippen LogP contribution in [0.15, 0.2) is 53.3 Å². The molecule has 0 unspecified atom stereocenters. The monoisotopic (exact) mass is 329 g/mol. The standard InChI is InChI=1S/C16H15N3O3S/c1-19(23(2,21)22)12-9-7-11(8-10-12)15-17-14-6-4-3-5-13(14)16(20)18-15/h3-10H,1-2H3,(H,17,18,20). The second-order valence-corrected chi connectivity index (χ2v) is 7.22. The van der Waals surface area contributed by atoms with E-state index in [1.54, 1.807) is 42.5 Å². The van der Waals surface area contributed by atoms with Gasteiger partial charge in [-0.15, -0.1) is 0 Å². The lowest BCUT2D eigenvalue weighted by molar-refractivity contribution is 0.600. The molecule has 1 N–H and O–H groups in total. The first-order valence-corrected chi connectivity index (χ1v) is 8.74. The van der Waals surface area contributed by atoms with Crippen molar-refractivity contribution in [3.8, 4) is 11.4 Å². The molecular formula is C16H15N3O3S. The molecule has 0 bridgehead atoms. The number of fused-ring (bicyclic) bond motifs is 1. The highest BCUT2D eigenvalue weighted by Crippen LogP contribution is 2.21. The van der Waals surface area contributed by atoms with Crippen LogP contribution in [0.25, 0.3) is 22.3 Å². The fourth-order valence-electron chi connectivity index (χ4n) is 2.24. The Morgan fingerprint density at radius 2 is 1.70 bits per heavy atom. The number of aromatic amines is 1. The molecule has 0 saturated carbocycles. The fourth-order valence-corrected chi connectivity index (χ4v) is 2.75. The van der Waals surface area contributed by atoms with Crippen LogP contribution in [0.4, 0.5) is 5.69 Å². The lowest BCUT2D eigenvalue weighted by Gasteiger charge is -2.16. The van der Waals surface area contributed by atoms with Crippen molar-refractivity contribution in [2.45, 2.75) is 0 Å². The summed E-state index contributed by atoms with van der Waals surface area (Å²) in [6.07, 6.45) is 1.14. The summed E-state index contributed by atoms with van der Waals surface area (Å²) in [6, 6.07) is 13.9. The summed E-state index contributed by atoms with van der Waals surface area (Å²) in [4.78, 5) is 19.3. The molecule has 0 spiro atoms. The Hall–Kier alpha value is -2.67. The average molecular weight is 329 g/mol. The molecule has 0 fully saturated rings. The van der Waals surface area contributed by atoms with Crippen molar-refractivity contribution in [3.05, 3.63) is 58.9 Å². The Morgan fingerprint density at radius 1 is 1.04 bits per heavy atom. The molecule has 1 aromatic heterocycles. The smallest absolute Gasteiger partial charge is 0.259 e. The van der Waals surface area contributed by atoms with Crippen LogP contribution in [0.2, 0.25) is 0 Å². The molecule has 23 heavy (non-hydrogen) atoms. The summed E-state index contributed by atoms with van der Waals surface area (Å²) in [5, 5.41) is 0.532. The maximum absolute atomic E-state index is 12.1. The van der Waals surface area contributed by atoms with Gasteiger partial charge in [-0.25, -0.2) is 13.4 Å². The van der Waals surface area contributed by atoms with Crippen molar-refractivity contribution in [1.29, 1.82) is 0 Å². The van der Waals surface area contributed by atoms with E-state index in [1.165, 1.54) is 11.4 Å². The van der Waals surface area contributed by atoms with Gasteiger partial charge in [0.25, 0.3) is 5.56 Å². The zero-order valence-electron chi connectivity index (χ0n) is 12.6. The van der Waals surface area contributed by atoms with E-state index < -0.39 is 10.0 Å². The van der Waals surface area contributed by atoms with Gasteiger partial charge in [-0.2, -0.15) is 0 Å². The second kappa shape index (κ2) is 5.51. The van der Waals surface area contributed by atoms with E-state index in [4.69, 9.17) is 0 Å². The summed E-state index contributed by atoms with van der Waals surface area (Å²) < 4.78 is 24.3. The average Bonchev–Trinajstić information content (AvgIpc) is 2.53. The molecule has 7 heteroatoms. The van der Waals surface area contributed by atoms with Crippen molar-refractivity contribution >= 4 is 26.6 Å². The van der Waals surface area contributed by atoms with Crippen molar-refractivity contribution in [1.82, 2.24) is 9.97 Å². The number of hydrogen-bond donors (Lipinski definition) is 1. The van der Waals surface area contributed by atoms with E-state index >= 15 is 0 Å². The fraction of sp³-hybridized carbons (Fsp3) is 0.125. The second-order valence-electron chi connectivity index (χ2n) is 5.21. The molecule has 0 amide bonds. The van der Waals surface area contributed by atoms with Gasteiger partial charge in [-0.3, -0.25) is 9.10 Å². The lowest BCUT2D eigenvalue weighted by Crippen LogP contribution is -2.24. The van der Waals surface area contributed by atoms with Crippen LogP contribution >= 0.6 is 0 Å². The Balaban J connectivity index is 2.05. The number of benzene rings is 2. The van der Waals surface area contributed by atoms with E-state index in [1.807, 2.05) is 6.07 Å². The number of nitrogens with zero attached hydrogens (tertiary/aromatic N) is 2. The molecule has 6 nitrogen and oxygen atoms in total. The molecule has 3 aromatic rings. The topological polar surface area (TPSA) is 83.1 Å². The minimum absolute atomic E-state index is 0.206. The molecule has 0 aliphatic heterocycles. The highest BCUT2D eigenvalue weighted by Gasteiger charge is 2.12. The molecule has 2 aromatic carbocycles. The van der Waals surface area contributed by atoms with E-state index in [0.717, 1.165) is 6.26 Å². The van der Waals surface area contributed by atoms with Crippen LogP contribution in [-0.4, -0.2) is 31.7 Å². The van der Waals surface area contributed by atoms with E-state index in [0.29, 0.717) is 28.0 Å². The first-order chi connectivity index (χ1) is 10.9. The molecular weight excluding hydrogens is 314 g/mol.